The summed E-state index contributed by atoms with van der Waals surface area (Å²) in [7, 11) is 0. The molecule has 1 heterocycles. The summed E-state index contributed by atoms with van der Waals surface area (Å²) in [6.45, 7) is 1.84. The maximum Gasteiger partial charge on any atom is 0.336 e. The molecule has 2 aromatic rings. The third kappa shape index (κ3) is 2.12. The van der Waals surface area contributed by atoms with E-state index in [1.54, 1.807) is 18.2 Å². The number of benzene rings is 1. The molecule has 0 bridgehead atoms. The summed E-state index contributed by atoms with van der Waals surface area (Å²) in [5.41, 5.74) is 1.16. The summed E-state index contributed by atoms with van der Waals surface area (Å²) in [4.78, 5) is 23.8. The summed E-state index contributed by atoms with van der Waals surface area (Å²) in [5, 5.41) is 10.9. The number of carboxylic acids is 1. The van der Waals surface area contributed by atoms with Gasteiger partial charge in [0.05, 0.1) is 10.4 Å². The first kappa shape index (κ1) is 11.5. The summed E-state index contributed by atoms with van der Waals surface area (Å²) in [5.74, 6) is -1.31. The van der Waals surface area contributed by atoms with Gasteiger partial charge in [-0.3, -0.25) is 4.79 Å². The van der Waals surface area contributed by atoms with Crippen LogP contribution < -0.4 is 0 Å². The summed E-state index contributed by atoms with van der Waals surface area (Å²) < 4.78 is 0. The Bertz CT molecular complexity index is 584. The van der Waals surface area contributed by atoms with Gasteiger partial charge in [-0.05, 0) is 30.0 Å². The van der Waals surface area contributed by atoms with Crippen LogP contribution in [0.1, 0.15) is 31.2 Å². The topological polar surface area (TPSA) is 54.4 Å². The molecule has 0 atom stereocenters. The highest BCUT2D eigenvalue weighted by Crippen LogP contribution is 2.21. The van der Waals surface area contributed by atoms with Crippen LogP contribution in [0.15, 0.2) is 35.7 Å². The van der Waals surface area contributed by atoms with Crippen molar-refractivity contribution in [3.63, 3.8) is 0 Å². The van der Waals surface area contributed by atoms with E-state index in [0.29, 0.717) is 4.88 Å². The van der Waals surface area contributed by atoms with Crippen molar-refractivity contribution in [2.75, 3.05) is 0 Å². The predicted molar refractivity (Wildman–Crippen MR) is 65.9 cm³/mol. The summed E-state index contributed by atoms with van der Waals surface area (Å²) >= 11 is 1.33. The van der Waals surface area contributed by atoms with Crippen molar-refractivity contribution in [2.24, 2.45) is 0 Å². The fourth-order valence-electron chi connectivity index (χ4n) is 1.60. The Kier molecular flexibility index (Phi) is 3.06. The number of aromatic carboxylic acids is 1. The number of carbonyl (C=O) groups is 2. The van der Waals surface area contributed by atoms with E-state index in [1.165, 1.54) is 17.4 Å². The molecule has 1 aromatic carbocycles. The van der Waals surface area contributed by atoms with Crippen molar-refractivity contribution in [1.82, 2.24) is 0 Å². The van der Waals surface area contributed by atoms with E-state index >= 15 is 0 Å². The van der Waals surface area contributed by atoms with Gasteiger partial charge in [-0.1, -0.05) is 18.2 Å². The first-order chi connectivity index (χ1) is 8.11. The van der Waals surface area contributed by atoms with Crippen molar-refractivity contribution >= 4 is 23.1 Å². The van der Waals surface area contributed by atoms with Gasteiger partial charge in [0.25, 0.3) is 0 Å². The molecule has 0 amide bonds. The number of rotatable bonds is 3. The van der Waals surface area contributed by atoms with Crippen LogP contribution in [0, 0.1) is 6.92 Å². The maximum atomic E-state index is 12.2. The predicted octanol–water partition coefficient (Wildman–Crippen LogP) is 2.99. The Hall–Kier alpha value is -1.94. The zero-order chi connectivity index (χ0) is 12.4. The Morgan fingerprint density at radius 1 is 1.12 bits per heavy atom. The Morgan fingerprint density at radius 3 is 2.29 bits per heavy atom. The fourth-order valence-corrected chi connectivity index (χ4v) is 2.47. The molecule has 0 fully saturated rings. The molecule has 0 aliphatic rings. The van der Waals surface area contributed by atoms with Gasteiger partial charge in [0, 0.05) is 5.56 Å². The molecule has 1 N–H and O–H groups in total. The van der Waals surface area contributed by atoms with Gasteiger partial charge in [0.1, 0.15) is 0 Å². The van der Waals surface area contributed by atoms with Gasteiger partial charge >= 0.3 is 5.97 Å². The molecule has 0 aliphatic heterocycles. The molecule has 3 nitrogen and oxygen atoms in total. The van der Waals surface area contributed by atoms with Gasteiger partial charge in [0.2, 0.25) is 5.78 Å². The molecule has 0 unspecified atom stereocenters. The SMILES string of the molecule is Cc1ccsc1C(=O)c1ccccc1C(=O)O. The number of thiophene rings is 1. The first-order valence-corrected chi connectivity index (χ1v) is 5.90. The molecule has 0 saturated heterocycles. The second-order valence-corrected chi connectivity index (χ2v) is 4.53. The summed E-state index contributed by atoms with van der Waals surface area (Å²) in [6, 6.07) is 8.12. The van der Waals surface area contributed by atoms with Gasteiger partial charge in [-0.2, -0.15) is 0 Å². The number of hydrogen-bond donors (Lipinski definition) is 1. The number of carbonyl (C=O) groups excluding carboxylic acids is 1. The van der Waals surface area contributed by atoms with Crippen molar-refractivity contribution in [3.8, 4) is 0 Å². The largest absolute Gasteiger partial charge is 0.478 e. The van der Waals surface area contributed by atoms with Crippen LogP contribution in [-0.2, 0) is 0 Å². The molecule has 17 heavy (non-hydrogen) atoms. The van der Waals surface area contributed by atoms with E-state index in [9.17, 15) is 9.59 Å². The maximum absolute atomic E-state index is 12.2. The first-order valence-electron chi connectivity index (χ1n) is 5.02. The van der Waals surface area contributed by atoms with Crippen LogP contribution in [0.5, 0.6) is 0 Å². The van der Waals surface area contributed by atoms with Gasteiger partial charge in [-0.15, -0.1) is 11.3 Å². The molecule has 0 spiro atoms. The number of aryl methyl sites for hydroxylation is 1. The van der Waals surface area contributed by atoms with E-state index < -0.39 is 5.97 Å². The Balaban J connectivity index is 2.52. The molecule has 4 heteroatoms. The minimum absolute atomic E-state index is 0.0466. The van der Waals surface area contributed by atoms with Crippen LogP contribution in [0.2, 0.25) is 0 Å². The molecular formula is C13H10O3S. The second-order valence-electron chi connectivity index (χ2n) is 3.61. The van der Waals surface area contributed by atoms with E-state index in [1.807, 2.05) is 18.4 Å². The van der Waals surface area contributed by atoms with Crippen LogP contribution in [0.25, 0.3) is 0 Å². The lowest BCUT2D eigenvalue weighted by atomic mass is 10.0. The molecule has 0 saturated carbocycles. The Morgan fingerprint density at radius 2 is 1.76 bits per heavy atom. The monoisotopic (exact) mass is 246 g/mol. The van der Waals surface area contributed by atoms with Crippen LogP contribution >= 0.6 is 11.3 Å². The summed E-state index contributed by atoms with van der Waals surface area (Å²) in [6.07, 6.45) is 0. The van der Waals surface area contributed by atoms with Crippen LogP contribution in [-0.4, -0.2) is 16.9 Å². The minimum atomic E-state index is -1.08. The van der Waals surface area contributed by atoms with Gasteiger partial charge in [0.15, 0.2) is 0 Å². The van der Waals surface area contributed by atoms with Crippen molar-refractivity contribution in [2.45, 2.75) is 6.92 Å². The smallest absolute Gasteiger partial charge is 0.336 e. The average Bonchev–Trinajstić information content (AvgIpc) is 2.74. The molecule has 0 radical (unpaired) electrons. The minimum Gasteiger partial charge on any atom is -0.478 e. The number of ketones is 1. The van der Waals surface area contributed by atoms with Crippen LogP contribution in [0.3, 0.4) is 0 Å². The standard InChI is InChI=1S/C13H10O3S/c1-8-6-7-17-12(8)11(14)9-4-2-3-5-10(9)13(15)16/h2-7H,1H3,(H,15,16). The zero-order valence-electron chi connectivity index (χ0n) is 9.14. The highest BCUT2D eigenvalue weighted by Gasteiger charge is 2.19. The quantitative estimate of drug-likeness (QED) is 0.847. The molecule has 2 rings (SSSR count). The van der Waals surface area contributed by atoms with E-state index in [2.05, 4.69) is 0 Å². The van der Waals surface area contributed by atoms with Crippen molar-refractivity contribution < 1.29 is 14.7 Å². The molecular weight excluding hydrogens is 236 g/mol. The zero-order valence-corrected chi connectivity index (χ0v) is 9.95. The fraction of sp³-hybridized carbons (Fsp3) is 0.0769. The lowest BCUT2D eigenvalue weighted by Gasteiger charge is -2.04. The van der Waals surface area contributed by atoms with Gasteiger partial charge in [-0.25, -0.2) is 4.79 Å². The van der Waals surface area contributed by atoms with E-state index in [4.69, 9.17) is 5.11 Å². The molecule has 1 aromatic heterocycles. The van der Waals surface area contributed by atoms with Crippen molar-refractivity contribution in [3.05, 3.63) is 57.3 Å². The lowest BCUT2D eigenvalue weighted by Crippen LogP contribution is -2.09. The number of carboxylic acid groups (broad SMARTS) is 1. The Labute approximate surface area is 102 Å². The highest BCUT2D eigenvalue weighted by atomic mass is 32.1. The van der Waals surface area contributed by atoms with Gasteiger partial charge < -0.3 is 5.11 Å². The normalized spacial score (nSPS) is 10.2. The second kappa shape index (κ2) is 4.51. The van der Waals surface area contributed by atoms with Crippen LogP contribution in [0.4, 0.5) is 0 Å². The van der Waals surface area contributed by atoms with E-state index in [-0.39, 0.29) is 16.9 Å². The average molecular weight is 246 g/mol. The third-order valence-corrected chi connectivity index (χ3v) is 3.49. The van der Waals surface area contributed by atoms with E-state index in [0.717, 1.165) is 5.56 Å². The molecule has 0 aliphatic carbocycles. The highest BCUT2D eigenvalue weighted by molar-refractivity contribution is 7.12. The van der Waals surface area contributed by atoms with Crippen molar-refractivity contribution in [1.29, 1.82) is 0 Å². The third-order valence-electron chi connectivity index (χ3n) is 2.47. The number of hydrogen-bond acceptors (Lipinski definition) is 3. The molecule has 86 valence electrons. The lowest BCUT2D eigenvalue weighted by molar-refractivity contribution is 0.0693.